The van der Waals surface area contributed by atoms with Crippen LogP contribution in [0.25, 0.3) is 0 Å². The van der Waals surface area contributed by atoms with E-state index in [0.29, 0.717) is 17.4 Å². The van der Waals surface area contributed by atoms with Gasteiger partial charge in [-0.05, 0) is 18.8 Å². The zero-order valence-corrected chi connectivity index (χ0v) is 11.0. The van der Waals surface area contributed by atoms with E-state index < -0.39 is 0 Å². The van der Waals surface area contributed by atoms with E-state index in [1.807, 2.05) is 0 Å². The highest BCUT2D eigenvalue weighted by atomic mass is 16.5. The van der Waals surface area contributed by atoms with Crippen LogP contribution in [0.3, 0.4) is 0 Å². The van der Waals surface area contributed by atoms with E-state index in [1.54, 1.807) is 26.4 Å². The first-order valence-electron chi connectivity index (χ1n) is 6.37. The van der Waals surface area contributed by atoms with Crippen LogP contribution >= 0.6 is 0 Å². The van der Waals surface area contributed by atoms with Gasteiger partial charge in [-0.1, -0.05) is 12.8 Å². The molecule has 100 valence electrons. The molecule has 3 N–H and O–H groups in total. The van der Waals surface area contributed by atoms with Crippen LogP contribution in [0, 0.1) is 5.92 Å². The quantitative estimate of drug-likeness (QED) is 0.863. The van der Waals surface area contributed by atoms with Gasteiger partial charge in [0, 0.05) is 18.2 Å². The van der Waals surface area contributed by atoms with Crippen molar-refractivity contribution in [1.82, 2.24) is 0 Å². The average molecular weight is 251 g/mol. The Morgan fingerprint density at radius 1 is 1.17 bits per heavy atom. The van der Waals surface area contributed by atoms with Gasteiger partial charge in [-0.15, -0.1) is 0 Å². The Balaban J connectivity index is 2.39. The Labute approximate surface area is 108 Å². The molecule has 1 aliphatic rings. The molecule has 0 radical (unpaired) electrons. The Morgan fingerprint density at radius 3 is 2.11 bits per heavy atom. The zero-order valence-electron chi connectivity index (χ0n) is 11.0. The van der Waals surface area contributed by atoms with Gasteiger partial charge in [-0.3, -0.25) is 0 Å². The van der Waals surface area contributed by atoms with Crippen LogP contribution in [-0.4, -0.2) is 19.3 Å². The van der Waals surface area contributed by atoms with Gasteiger partial charge in [0.05, 0.1) is 19.8 Å². The van der Waals surface area contributed by atoms with Crippen molar-refractivity contribution in [1.29, 1.82) is 0 Å². The number of phenols is 1. The van der Waals surface area contributed by atoms with E-state index in [9.17, 15) is 5.11 Å². The summed E-state index contributed by atoms with van der Waals surface area (Å²) in [6.45, 7) is 0. The number of aromatic hydroxyl groups is 1. The van der Waals surface area contributed by atoms with Crippen molar-refractivity contribution in [3.8, 4) is 17.2 Å². The lowest BCUT2D eigenvalue weighted by Crippen LogP contribution is -2.20. The molecular formula is C14H21NO3. The van der Waals surface area contributed by atoms with Crippen LogP contribution < -0.4 is 15.2 Å². The molecular weight excluding hydrogens is 230 g/mol. The molecule has 0 spiro atoms. The number of phenolic OH excluding ortho intramolecular Hbond substituents is 1. The summed E-state index contributed by atoms with van der Waals surface area (Å²) >= 11 is 0. The molecule has 0 bridgehead atoms. The predicted octanol–water partition coefficient (Wildman–Crippen LogP) is 2.60. The number of methoxy groups -OCH3 is 2. The first-order chi connectivity index (χ1) is 8.67. The topological polar surface area (TPSA) is 64.7 Å². The molecule has 0 aliphatic heterocycles. The van der Waals surface area contributed by atoms with Crippen molar-refractivity contribution in [3.05, 3.63) is 17.7 Å². The maximum Gasteiger partial charge on any atom is 0.131 e. The van der Waals surface area contributed by atoms with E-state index >= 15 is 0 Å². The molecule has 0 aromatic heterocycles. The van der Waals surface area contributed by atoms with Crippen LogP contribution in [0.1, 0.15) is 37.3 Å². The fourth-order valence-corrected chi connectivity index (χ4v) is 2.81. The maximum absolute atomic E-state index is 9.63. The van der Waals surface area contributed by atoms with Crippen molar-refractivity contribution in [2.24, 2.45) is 11.7 Å². The summed E-state index contributed by atoms with van der Waals surface area (Å²) in [7, 11) is 3.16. The van der Waals surface area contributed by atoms with Crippen molar-refractivity contribution in [2.75, 3.05) is 14.2 Å². The third-order valence-electron chi connectivity index (χ3n) is 3.77. The van der Waals surface area contributed by atoms with Gasteiger partial charge in [0.2, 0.25) is 0 Å². The molecule has 1 atom stereocenters. The third-order valence-corrected chi connectivity index (χ3v) is 3.77. The second-order valence-corrected chi connectivity index (χ2v) is 4.83. The van der Waals surface area contributed by atoms with Gasteiger partial charge in [0.25, 0.3) is 0 Å². The van der Waals surface area contributed by atoms with Crippen LogP contribution in [0.15, 0.2) is 12.1 Å². The van der Waals surface area contributed by atoms with Crippen LogP contribution in [0.4, 0.5) is 0 Å². The lowest BCUT2D eigenvalue weighted by atomic mass is 9.91. The molecule has 2 rings (SSSR count). The summed E-state index contributed by atoms with van der Waals surface area (Å²) in [5, 5.41) is 9.63. The Bertz CT molecular complexity index is 388. The van der Waals surface area contributed by atoms with Gasteiger partial charge in [-0.2, -0.15) is 0 Å². The van der Waals surface area contributed by atoms with Crippen LogP contribution in [0.2, 0.25) is 0 Å². The van der Waals surface area contributed by atoms with Crippen molar-refractivity contribution in [2.45, 2.75) is 31.7 Å². The summed E-state index contributed by atoms with van der Waals surface area (Å²) in [6, 6.07) is 3.08. The molecule has 4 heteroatoms. The number of nitrogens with two attached hydrogens (primary N) is 1. The van der Waals surface area contributed by atoms with E-state index in [4.69, 9.17) is 15.2 Å². The molecule has 4 nitrogen and oxygen atoms in total. The van der Waals surface area contributed by atoms with Crippen LogP contribution in [0.5, 0.6) is 17.2 Å². The second-order valence-electron chi connectivity index (χ2n) is 4.83. The zero-order chi connectivity index (χ0) is 13.1. The lowest BCUT2D eigenvalue weighted by molar-refractivity contribution is 0.351. The highest BCUT2D eigenvalue weighted by Crippen LogP contribution is 2.43. The van der Waals surface area contributed by atoms with Crippen molar-refractivity contribution < 1.29 is 14.6 Å². The maximum atomic E-state index is 9.63. The third kappa shape index (κ3) is 2.38. The largest absolute Gasteiger partial charge is 0.508 e. The molecule has 1 fully saturated rings. The number of hydrogen-bond acceptors (Lipinski definition) is 4. The summed E-state index contributed by atoms with van der Waals surface area (Å²) in [4.78, 5) is 0. The molecule has 1 aromatic carbocycles. The highest BCUT2D eigenvalue weighted by Gasteiger charge is 2.28. The van der Waals surface area contributed by atoms with Crippen LogP contribution in [-0.2, 0) is 0 Å². The molecule has 0 heterocycles. The second kappa shape index (κ2) is 5.48. The molecule has 1 aliphatic carbocycles. The molecule has 0 amide bonds. The minimum Gasteiger partial charge on any atom is -0.508 e. The van der Waals surface area contributed by atoms with E-state index in [2.05, 4.69) is 0 Å². The smallest absolute Gasteiger partial charge is 0.131 e. The number of rotatable bonds is 4. The monoisotopic (exact) mass is 251 g/mol. The van der Waals surface area contributed by atoms with Gasteiger partial charge in [0.15, 0.2) is 0 Å². The summed E-state index contributed by atoms with van der Waals surface area (Å²) in [5.41, 5.74) is 7.23. The van der Waals surface area contributed by atoms with Gasteiger partial charge in [0.1, 0.15) is 17.2 Å². The van der Waals surface area contributed by atoms with Crippen molar-refractivity contribution >= 4 is 0 Å². The van der Waals surface area contributed by atoms with E-state index in [0.717, 1.165) is 18.4 Å². The first kappa shape index (κ1) is 13.0. The van der Waals surface area contributed by atoms with Gasteiger partial charge >= 0.3 is 0 Å². The minimum atomic E-state index is -0.0991. The summed E-state index contributed by atoms with van der Waals surface area (Å²) in [6.07, 6.45) is 4.77. The number of benzene rings is 1. The molecule has 0 unspecified atom stereocenters. The van der Waals surface area contributed by atoms with Crippen molar-refractivity contribution in [3.63, 3.8) is 0 Å². The summed E-state index contributed by atoms with van der Waals surface area (Å²) < 4.78 is 10.7. The Morgan fingerprint density at radius 2 is 1.67 bits per heavy atom. The fraction of sp³-hybridized carbons (Fsp3) is 0.571. The SMILES string of the molecule is COc1cc(O)cc(OC)c1[C@@H](N)C1CCCC1. The van der Waals surface area contributed by atoms with E-state index in [-0.39, 0.29) is 11.8 Å². The first-order valence-corrected chi connectivity index (χ1v) is 6.37. The molecule has 18 heavy (non-hydrogen) atoms. The average Bonchev–Trinajstić information content (AvgIpc) is 2.90. The van der Waals surface area contributed by atoms with E-state index in [1.165, 1.54) is 12.8 Å². The molecule has 0 saturated heterocycles. The number of ether oxygens (including phenoxy) is 2. The normalized spacial score (nSPS) is 17.7. The lowest BCUT2D eigenvalue weighted by Gasteiger charge is -2.23. The standard InChI is InChI=1S/C14H21NO3/c1-17-11-7-10(16)8-12(18-2)13(11)14(15)9-5-3-4-6-9/h7-9,14,16H,3-6,15H2,1-2H3/t14-/m0/s1. The summed E-state index contributed by atoms with van der Waals surface area (Å²) in [5.74, 6) is 1.81. The number of hydrogen-bond donors (Lipinski definition) is 2. The fourth-order valence-electron chi connectivity index (χ4n) is 2.81. The highest BCUT2D eigenvalue weighted by molar-refractivity contribution is 5.52. The molecule has 1 aromatic rings. The van der Waals surface area contributed by atoms with Gasteiger partial charge in [-0.25, -0.2) is 0 Å². The minimum absolute atomic E-state index is 0.0991. The molecule has 1 saturated carbocycles. The Hall–Kier alpha value is -1.42. The Kier molecular flexibility index (Phi) is 3.97. The van der Waals surface area contributed by atoms with Gasteiger partial charge < -0.3 is 20.3 Å². The predicted molar refractivity (Wildman–Crippen MR) is 70.1 cm³/mol.